The number of hydrogen-bond acceptors (Lipinski definition) is 5. The molecule has 5 nitrogen and oxygen atoms in total. The summed E-state index contributed by atoms with van der Waals surface area (Å²) in [6, 6.07) is 9.17. The third-order valence-electron chi connectivity index (χ3n) is 2.97. The maximum Gasteiger partial charge on any atom is 0.340 e. The van der Waals surface area contributed by atoms with Gasteiger partial charge in [-0.3, -0.25) is 4.98 Å². The quantitative estimate of drug-likeness (QED) is 0.659. The second-order valence-corrected chi connectivity index (χ2v) is 4.42. The van der Waals surface area contributed by atoms with Gasteiger partial charge in [-0.15, -0.1) is 0 Å². The van der Waals surface area contributed by atoms with E-state index in [-0.39, 0.29) is 0 Å². The molecular weight excluding hydrogens is 254 g/mol. The van der Waals surface area contributed by atoms with Gasteiger partial charge in [-0.2, -0.15) is 0 Å². The van der Waals surface area contributed by atoms with Crippen molar-refractivity contribution in [2.75, 3.05) is 18.2 Å². The predicted octanol–water partition coefficient (Wildman–Crippen LogP) is 2.37. The first kappa shape index (κ1) is 13.9. The normalized spacial score (nSPS) is 10.1. The molecule has 104 valence electrons. The van der Waals surface area contributed by atoms with Crippen molar-refractivity contribution in [1.82, 2.24) is 4.98 Å². The molecule has 0 aliphatic rings. The van der Waals surface area contributed by atoms with Crippen molar-refractivity contribution in [3.05, 3.63) is 53.3 Å². The van der Waals surface area contributed by atoms with Crippen molar-refractivity contribution >= 4 is 17.3 Å². The minimum Gasteiger partial charge on any atom is -0.465 e. The average molecular weight is 271 g/mol. The standard InChI is InChI=1S/C15H17N3O2/c1-10-6-7-11(8-17-10)9-18-13-5-3-4-12(14(13)16)15(19)20-2/h3-8,18H,9,16H2,1-2H3. The highest BCUT2D eigenvalue weighted by molar-refractivity contribution is 5.98. The molecule has 0 saturated heterocycles. The topological polar surface area (TPSA) is 77.2 Å². The first-order chi connectivity index (χ1) is 9.61. The van der Waals surface area contributed by atoms with E-state index in [2.05, 4.69) is 10.3 Å². The molecule has 0 spiro atoms. The fourth-order valence-corrected chi connectivity index (χ4v) is 1.81. The van der Waals surface area contributed by atoms with E-state index in [0.29, 0.717) is 23.5 Å². The number of nitrogen functional groups attached to an aromatic ring is 1. The van der Waals surface area contributed by atoms with Crippen LogP contribution in [-0.4, -0.2) is 18.1 Å². The van der Waals surface area contributed by atoms with Gasteiger partial charge in [0.25, 0.3) is 0 Å². The van der Waals surface area contributed by atoms with Gasteiger partial charge in [0.2, 0.25) is 0 Å². The molecule has 0 unspecified atom stereocenters. The second kappa shape index (κ2) is 6.06. The fourth-order valence-electron chi connectivity index (χ4n) is 1.81. The summed E-state index contributed by atoms with van der Waals surface area (Å²) in [5.74, 6) is -0.442. The number of esters is 1. The lowest BCUT2D eigenvalue weighted by molar-refractivity contribution is 0.0602. The Morgan fingerprint density at radius 3 is 2.80 bits per heavy atom. The molecule has 0 amide bonds. The molecule has 5 heteroatoms. The van der Waals surface area contributed by atoms with Gasteiger partial charge < -0.3 is 15.8 Å². The molecule has 2 rings (SSSR count). The number of nitrogens with one attached hydrogen (secondary N) is 1. The van der Waals surface area contributed by atoms with Gasteiger partial charge in [-0.1, -0.05) is 12.1 Å². The van der Waals surface area contributed by atoms with Crippen LogP contribution in [0.25, 0.3) is 0 Å². The molecule has 0 bridgehead atoms. The number of para-hydroxylation sites is 1. The Kier molecular flexibility index (Phi) is 4.20. The number of aryl methyl sites for hydroxylation is 1. The van der Waals surface area contributed by atoms with Crippen molar-refractivity contribution in [3.8, 4) is 0 Å². The Labute approximate surface area is 117 Å². The third-order valence-corrected chi connectivity index (χ3v) is 2.97. The second-order valence-electron chi connectivity index (χ2n) is 4.42. The Morgan fingerprint density at radius 1 is 1.35 bits per heavy atom. The van der Waals surface area contributed by atoms with E-state index in [4.69, 9.17) is 10.5 Å². The zero-order valence-electron chi connectivity index (χ0n) is 11.5. The van der Waals surface area contributed by atoms with Crippen LogP contribution in [0.3, 0.4) is 0 Å². The van der Waals surface area contributed by atoms with Crippen molar-refractivity contribution in [2.24, 2.45) is 0 Å². The molecular formula is C15H17N3O2. The van der Waals surface area contributed by atoms with Gasteiger partial charge in [0.1, 0.15) is 0 Å². The molecule has 0 saturated carbocycles. The fraction of sp³-hybridized carbons (Fsp3) is 0.200. The first-order valence-corrected chi connectivity index (χ1v) is 6.24. The Bertz CT molecular complexity index is 609. The maximum atomic E-state index is 11.6. The van der Waals surface area contributed by atoms with Crippen LogP contribution >= 0.6 is 0 Å². The predicted molar refractivity (Wildman–Crippen MR) is 78.5 cm³/mol. The van der Waals surface area contributed by atoms with Gasteiger partial charge >= 0.3 is 5.97 Å². The number of pyridine rings is 1. The van der Waals surface area contributed by atoms with E-state index in [1.807, 2.05) is 31.3 Å². The number of rotatable bonds is 4. The number of nitrogens with two attached hydrogens (primary N) is 1. The number of ether oxygens (including phenoxy) is 1. The summed E-state index contributed by atoms with van der Waals surface area (Å²) < 4.78 is 4.69. The Hall–Kier alpha value is -2.56. The molecule has 20 heavy (non-hydrogen) atoms. The number of carbonyl (C=O) groups is 1. The minimum atomic E-state index is -0.442. The minimum absolute atomic E-state index is 0.361. The highest BCUT2D eigenvalue weighted by Crippen LogP contribution is 2.23. The molecule has 3 N–H and O–H groups in total. The Balaban J connectivity index is 2.13. The van der Waals surface area contributed by atoms with E-state index in [0.717, 1.165) is 11.3 Å². The highest BCUT2D eigenvalue weighted by atomic mass is 16.5. The first-order valence-electron chi connectivity index (χ1n) is 6.24. The zero-order chi connectivity index (χ0) is 14.5. The van der Waals surface area contributed by atoms with E-state index >= 15 is 0 Å². The molecule has 1 aromatic heterocycles. The third kappa shape index (κ3) is 3.06. The van der Waals surface area contributed by atoms with E-state index in [9.17, 15) is 4.79 Å². The van der Waals surface area contributed by atoms with Crippen LogP contribution < -0.4 is 11.1 Å². The van der Waals surface area contributed by atoms with E-state index in [1.54, 1.807) is 12.1 Å². The van der Waals surface area contributed by atoms with Gasteiger partial charge in [-0.25, -0.2) is 4.79 Å². The van der Waals surface area contributed by atoms with Crippen molar-refractivity contribution in [3.63, 3.8) is 0 Å². The monoisotopic (exact) mass is 271 g/mol. The highest BCUT2D eigenvalue weighted by Gasteiger charge is 2.12. The van der Waals surface area contributed by atoms with Gasteiger partial charge in [0.05, 0.1) is 24.0 Å². The number of methoxy groups -OCH3 is 1. The summed E-state index contributed by atoms with van der Waals surface area (Å²) >= 11 is 0. The van der Waals surface area contributed by atoms with Gasteiger partial charge in [-0.05, 0) is 30.7 Å². The lowest BCUT2D eigenvalue weighted by atomic mass is 10.1. The molecule has 2 aromatic rings. The van der Waals surface area contributed by atoms with E-state index in [1.165, 1.54) is 7.11 Å². The van der Waals surface area contributed by atoms with Crippen molar-refractivity contribution in [2.45, 2.75) is 13.5 Å². The zero-order valence-corrected chi connectivity index (χ0v) is 11.5. The largest absolute Gasteiger partial charge is 0.465 e. The molecule has 0 aliphatic heterocycles. The lowest BCUT2D eigenvalue weighted by Crippen LogP contribution is -2.09. The smallest absolute Gasteiger partial charge is 0.340 e. The summed E-state index contributed by atoms with van der Waals surface area (Å²) in [6.07, 6.45) is 1.81. The van der Waals surface area contributed by atoms with Crippen LogP contribution in [0.4, 0.5) is 11.4 Å². The maximum absolute atomic E-state index is 11.6. The summed E-state index contributed by atoms with van der Waals surface area (Å²) in [4.78, 5) is 15.8. The summed E-state index contributed by atoms with van der Waals surface area (Å²) in [6.45, 7) is 2.52. The summed E-state index contributed by atoms with van der Waals surface area (Å²) in [7, 11) is 1.33. The summed E-state index contributed by atoms with van der Waals surface area (Å²) in [5, 5.41) is 3.20. The average Bonchev–Trinajstić information content (AvgIpc) is 2.47. The van der Waals surface area contributed by atoms with Crippen LogP contribution in [-0.2, 0) is 11.3 Å². The number of carbonyl (C=O) groups excluding carboxylic acids is 1. The van der Waals surface area contributed by atoms with Crippen molar-refractivity contribution < 1.29 is 9.53 Å². The Morgan fingerprint density at radius 2 is 2.15 bits per heavy atom. The van der Waals surface area contributed by atoms with Crippen LogP contribution in [0.2, 0.25) is 0 Å². The number of aromatic nitrogens is 1. The van der Waals surface area contributed by atoms with Crippen LogP contribution in [0.5, 0.6) is 0 Å². The van der Waals surface area contributed by atoms with Crippen LogP contribution in [0.1, 0.15) is 21.6 Å². The molecule has 0 aliphatic carbocycles. The van der Waals surface area contributed by atoms with Crippen molar-refractivity contribution in [1.29, 1.82) is 0 Å². The number of benzene rings is 1. The van der Waals surface area contributed by atoms with Crippen LogP contribution in [0, 0.1) is 6.92 Å². The number of nitrogens with zero attached hydrogens (tertiary/aromatic N) is 1. The molecule has 1 heterocycles. The van der Waals surface area contributed by atoms with Crippen LogP contribution in [0.15, 0.2) is 36.5 Å². The number of hydrogen-bond donors (Lipinski definition) is 2. The van der Waals surface area contributed by atoms with Gasteiger partial charge in [0, 0.05) is 18.4 Å². The SMILES string of the molecule is COC(=O)c1cccc(NCc2ccc(C)nc2)c1N. The summed E-state index contributed by atoms with van der Waals surface area (Å²) in [5.41, 5.74) is 9.43. The molecule has 0 fully saturated rings. The number of anilines is 2. The molecule has 1 aromatic carbocycles. The van der Waals surface area contributed by atoms with Gasteiger partial charge in [0.15, 0.2) is 0 Å². The van der Waals surface area contributed by atoms with E-state index < -0.39 is 5.97 Å². The molecule has 0 radical (unpaired) electrons. The lowest BCUT2D eigenvalue weighted by Gasteiger charge is -2.12. The molecule has 0 atom stereocenters.